The monoisotopic (exact) mass is 436 g/mol. The van der Waals surface area contributed by atoms with Gasteiger partial charge in [0, 0.05) is 25.2 Å². The van der Waals surface area contributed by atoms with E-state index in [-0.39, 0.29) is 11.9 Å². The first-order valence-corrected chi connectivity index (χ1v) is 12.5. The number of carbonyl (C=O) groups is 1. The van der Waals surface area contributed by atoms with E-state index in [4.69, 9.17) is 4.74 Å². The van der Waals surface area contributed by atoms with Gasteiger partial charge >= 0.3 is 0 Å². The van der Waals surface area contributed by atoms with Crippen LogP contribution in [0.15, 0.2) is 30.3 Å². The van der Waals surface area contributed by atoms with Crippen LogP contribution in [-0.2, 0) is 0 Å². The number of ether oxygens (including phenoxy) is 1. The maximum Gasteiger partial charge on any atom is 0.270 e. The molecule has 0 bridgehead atoms. The number of aryl methyl sites for hydroxylation is 1. The minimum atomic E-state index is -0.0314. The molecule has 3 aliphatic rings. The molecule has 2 saturated carbocycles. The molecule has 2 heterocycles. The molecule has 1 aromatic heterocycles. The van der Waals surface area contributed by atoms with Gasteiger partial charge in [0.05, 0.1) is 11.4 Å². The lowest BCUT2D eigenvalue weighted by molar-refractivity contribution is 0.0493. The Labute approximate surface area is 191 Å². The normalized spacial score (nSPS) is 21.3. The fourth-order valence-electron chi connectivity index (χ4n) is 5.33. The van der Waals surface area contributed by atoms with Gasteiger partial charge in [-0.05, 0) is 75.8 Å². The van der Waals surface area contributed by atoms with Crippen molar-refractivity contribution in [1.82, 2.24) is 20.0 Å². The summed E-state index contributed by atoms with van der Waals surface area (Å²) in [4.78, 5) is 15.6. The van der Waals surface area contributed by atoms with Crippen LogP contribution in [0, 0.1) is 6.92 Å². The van der Waals surface area contributed by atoms with E-state index in [1.807, 2.05) is 37.3 Å². The molecule has 1 saturated heterocycles. The average Bonchev–Trinajstić information content (AvgIpc) is 3.17. The maximum atomic E-state index is 12.9. The molecule has 2 aromatic rings. The third-order valence-electron chi connectivity index (χ3n) is 7.46. The second kappa shape index (κ2) is 9.65. The summed E-state index contributed by atoms with van der Waals surface area (Å²) in [6, 6.07) is 11.0. The van der Waals surface area contributed by atoms with Crippen molar-refractivity contribution in [3.8, 4) is 11.4 Å². The van der Waals surface area contributed by atoms with Crippen LogP contribution in [0.25, 0.3) is 5.69 Å². The molecule has 1 aromatic carbocycles. The second-order valence-corrected chi connectivity index (χ2v) is 9.82. The molecule has 0 atom stereocenters. The largest absolute Gasteiger partial charge is 0.490 e. The molecule has 6 nitrogen and oxygen atoms in total. The molecule has 32 heavy (non-hydrogen) atoms. The Bertz CT molecular complexity index is 904. The van der Waals surface area contributed by atoms with Crippen molar-refractivity contribution in [1.29, 1.82) is 0 Å². The predicted octanol–water partition coefficient (Wildman–Crippen LogP) is 4.64. The van der Waals surface area contributed by atoms with Crippen LogP contribution in [0.2, 0.25) is 0 Å². The van der Waals surface area contributed by atoms with Crippen molar-refractivity contribution in [2.24, 2.45) is 0 Å². The standard InChI is InChI=1S/C26H36N4O2/c1-19-18-25(26(31)27-20-6-3-2-4-7-20)30(28-19)22-10-12-23(13-11-22)32-24-14-16-29(17-15-24)21-8-5-9-21/h10-13,18,20-21,24H,2-9,14-17H2,1H3,(H,27,31). The van der Waals surface area contributed by atoms with Crippen LogP contribution >= 0.6 is 0 Å². The summed E-state index contributed by atoms with van der Waals surface area (Å²) >= 11 is 0. The number of aromatic nitrogens is 2. The fourth-order valence-corrected chi connectivity index (χ4v) is 5.33. The Hall–Kier alpha value is -2.34. The van der Waals surface area contributed by atoms with Crippen LogP contribution in [0.3, 0.4) is 0 Å². The molecular formula is C26H36N4O2. The molecule has 0 radical (unpaired) electrons. The number of likely N-dealkylation sites (tertiary alicyclic amines) is 1. The predicted molar refractivity (Wildman–Crippen MR) is 126 cm³/mol. The van der Waals surface area contributed by atoms with Crippen molar-refractivity contribution in [3.05, 3.63) is 41.7 Å². The summed E-state index contributed by atoms with van der Waals surface area (Å²) < 4.78 is 8.03. The minimum Gasteiger partial charge on any atom is -0.490 e. The number of nitrogens with zero attached hydrogens (tertiary/aromatic N) is 3. The number of amides is 1. The molecular weight excluding hydrogens is 400 g/mol. The van der Waals surface area contributed by atoms with E-state index < -0.39 is 0 Å². The van der Waals surface area contributed by atoms with Crippen LogP contribution in [0.4, 0.5) is 0 Å². The van der Waals surface area contributed by atoms with Crippen LogP contribution in [-0.4, -0.2) is 51.9 Å². The molecule has 1 amide bonds. The number of hydrogen-bond acceptors (Lipinski definition) is 4. The number of rotatable bonds is 6. The highest BCUT2D eigenvalue weighted by Crippen LogP contribution is 2.29. The molecule has 0 unspecified atom stereocenters. The van der Waals surface area contributed by atoms with E-state index in [1.165, 1.54) is 38.5 Å². The molecule has 0 spiro atoms. The quantitative estimate of drug-likeness (QED) is 0.717. The average molecular weight is 437 g/mol. The molecule has 2 aliphatic carbocycles. The van der Waals surface area contributed by atoms with Crippen LogP contribution in [0.1, 0.15) is 80.4 Å². The minimum absolute atomic E-state index is 0.0314. The van der Waals surface area contributed by atoms with Gasteiger partial charge in [-0.25, -0.2) is 4.68 Å². The number of carbonyl (C=O) groups excluding carboxylic acids is 1. The van der Waals surface area contributed by atoms with Gasteiger partial charge in [-0.2, -0.15) is 5.10 Å². The summed E-state index contributed by atoms with van der Waals surface area (Å²) in [6.07, 6.45) is 12.5. The lowest BCUT2D eigenvalue weighted by Gasteiger charge is -2.41. The molecule has 6 heteroatoms. The molecule has 1 aliphatic heterocycles. The van der Waals surface area contributed by atoms with Crippen LogP contribution < -0.4 is 10.1 Å². The van der Waals surface area contributed by atoms with E-state index in [9.17, 15) is 4.79 Å². The van der Waals surface area contributed by atoms with Gasteiger partial charge in [0.15, 0.2) is 0 Å². The van der Waals surface area contributed by atoms with E-state index in [2.05, 4.69) is 15.3 Å². The van der Waals surface area contributed by atoms with E-state index in [0.717, 1.165) is 61.9 Å². The van der Waals surface area contributed by atoms with Gasteiger partial charge in [-0.1, -0.05) is 25.7 Å². The summed E-state index contributed by atoms with van der Waals surface area (Å²) in [5.74, 6) is 0.865. The summed E-state index contributed by atoms with van der Waals surface area (Å²) in [5, 5.41) is 7.80. The third-order valence-corrected chi connectivity index (χ3v) is 7.46. The summed E-state index contributed by atoms with van der Waals surface area (Å²) in [7, 11) is 0. The lowest BCUT2D eigenvalue weighted by atomic mass is 9.90. The Morgan fingerprint density at radius 3 is 2.34 bits per heavy atom. The number of hydrogen-bond donors (Lipinski definition) is 1. The number of nitrogens with one attached hydrogen (secondary N) is 1. The summed E-state index contributed by atoms with van der Waals surface area (Å²) in [5.41, 5.74) is 2.33. The van der Waals surface area contributed by atoms with Gasteiger partial charge in [0.1, 0.15) is 17.5 Å². The van der Waals surface area contributed by atoms with Crippen molar-refractivity contribution in [3.63, 3.8) is 0 Å². The Balaban J connectivity index is 1.21. The highest BCUT2D eigenvalue weighted by atomic mass is 16.5. The van der Waals surface area contributed by atoms with Crippen molar-refractivity contribution in [2.75, 3.05) is 13.1 Å². The highest BCUT2D eigenvalue weighted by Gasteiger charge is 2.29. The maximum absolute atomic E-state index is 12.9. The van der Waals surface area contributed by atoms with Gasteiger partial charge in [0.2, 0.25) is 0 Å². The van der Waals surface area contributed by atoms with Crippen molar-refractivity contribution >= 4 is 5.91 Å². The second-order valence-electron chi connectivity index (χ2n) is 9.82. The molecule has 3 fully saturated rings. The SMILES string of the molecule is Cc1cc(C(=O)NC2CCCCC2)n(-c2ccc(OC3CCN(C4CCC4)CC3)cc2)n1. The Kier molecular flexibility index (Phi) is 6.49. The third kappa shape index (κ3) is 4.85. The van der Waals surface area contributed by atoms with Gasteiger partial charge in [-0.3, -0.25) is 4.79 Å². The fraction of sp³-hybridized carbons (Fsp3) is 0.615. The van der Waals surface area contributed by atoms with E-state index in [0.29, 0.717) is 11.8 Å². The lowest BCUT2D eigenvalue weighted by Crippen LogP contribution is -2.46. The smallest absolute Gasteiger partial charge is 0.270 e. The van der Waals surface area contributed by atoms with Crippen LogP contribution in [0.5, 0.6) is 5.75 Å². The van der Waals surface area contributed by atoms with Crippen molar-refractivity contribution < 1.29 is 9.53 Å². The van der Waals surface area contributed by atoms with E-state index in [1.54, 1.807) is 4.68 Å². The van der Waals surface area contributed by atoms with E-state index >= 15 is 0 Å². The number of piperidine rings is 1. The topological polar surface area (TPSA) is 59.4 Å². The first-order valence-electron chi connectivity index (χ1n) is 12.5. The van der Waals surface area contributed by atoms with Crippen molar-refractivity contribution in [2.45, 2.75) is 89.3 Å². The zero-order valence-corrected chi connectivity index (χ0v) is 19.3. The first-order chi connectivity index (χ1) is 15.7. The molecule has 5 rings (SSSR count). The Morgan fingerprint density at radius 1 is 0.969 bits per heavy atom. The molecule has 1 N–H and O–H groups in total. The number of benzene rings is 1. The molecule has 172 valence electrons. The van der Waals surface area contributed by atoms with Gasteiger partial charge in [0.25, 0.3) is 5.91 Å². The Morgan fingerprint density at radius 2 is 1.69 bits per heavy atom. The first kappa shape index (κ1) is 21.5. The zero-order valence-electron chi connectivity index (χ0n) is 19.3. The van der Waals surface area contributed by atoms with Gasteiger partial charge in [-0.15, -0.1) is 0 Å². The van der Waals surface area contributed by atoms with Gasteiger partial charge < -0.3 is 15.0 Å². The summed E-state index contributed by atoms with van der Waals surface area (Å²) in [6.45, 7) is 4.24. The zero-order chi connectivity index (χ0) is 21.9. The highest BCUT2D eigenvalue weighted by molar-refractivity contribution is 5.93.